The number of rotatable bonds is 6. The van der Waals surface area contributed by atoms with Gasteiger partial charge in [-0.2, -0.15) is 8.42 Å². The Balaban J connectivity index is 1.94. The lowest BCUT2D eigenvalue weighted by Gasteiger charge is -2.39. The van der Waals surface area contributed by atoms with Crippen molar-refractivity contribution in [3.05, 3.63) is 57.6 Å². The van der Waals surface area contributed by atoms with E-state index in [4.69, 9.17) is 8.92 Å². The van der Waals surface area contributed by atoms with Gasteiger partial charge >= 0.3 is 5.97 Å². The molecule has 1 aliphatic heterocycles. The van der Waals surface area contributed by atoms with Crippen LogP contribution in [0.4, 0.5) is 5.69 Å². The van der Waals surface area contributed by atoms with Crippen molar-refractivity contribution in [3.63, 3.8) is 0 Å². The highest BCUT2D eigenvalue weighted by Crippen LogP contribution is 2.34. The van der Waals surface area contributed by atoms with Crippen LogP contribution in [0.15, 0.2) is 24.3 Å². The molecule has 0 unspecified atom stereocenters. The van der Waals surface area contributed by atoms with Crippen LogP contribution in [0.5, 0.6) is 5.75 Å². The Bertz CT molecular complexity index is 1390. The van der Waals surface area contributed by atoms with E-state index in [2.05, 4.69) is 5.32 Å². The van der Waals surface area contributed by atoms with Crippen molar-refractivity contribution in [1.82, 2.24) is 4.90 Å². The van der Waals surface area contributed by atoms with Crippen LogP contribution >= 0.6 is 0 Å². The largest absolute Gasteiger partial charge is 0.426 e. The van der Waals surface area contributed by atoms with Gasteiger partial charge in [0, 0.05) is 31.0 Å². The van der Waals surface area contributed by atoms with Gasteiger partial charge in [-0.05, 0) is 60.2 Å². The highest BCUT2D eigenvalue weighted by Gasteiger charge is 2.39. The van der Waals surface area contributed by atoms with Crippen LogP contribution in [0.25, 0.3) is 0 Å². The summed E-state index contributed by atoms with van der Waals surface area (Å²) in [7, 11) is -3.60. The number of carbonyl (C=O) groups excluding carboxylic acids is 3. The first-order chi connectivity index (χ1) is 17.5. The molecule has 2 aromatic rings. The molecular weight excluding hydrogens is 508 g/mol. The summed E-state index contributed by atoms with van der Waals surface area (Å²) in [6, 6.07) is 6.45. The van der Waals surface area contributed by atoms with Gasteiger partial charge in [0.05, 0.1) is 12.9 Å². The molecule has 0 spiro atoms. The molecule has 0 fully saturated rings. The number of esters is 1. The van der Waals surface area contributed by atoms with E-state index in [1.165, 1.54) is 6.92 Å². The first kappa shape index (κ1) is 29.3. The second-order valence-electron chi connectivity index (χ2n) is 10.9. The van der Waals surface area contributed by atoms with Crippen LogP contribution in [0.3, 0.4) is 0 Å². The lowest BCUT2D eigenvalue weighted by atomic mass is 9.87. The van der Waals surface area contributed by atoms with Crippen LogP contribution in [-0.4, -0.2) is 43.4 Å². The number of nitrogens with one attached hydrogen (secondary N) is 1. The average Bonchev–Trinajstić information content (AvgIpc) is 2.81. The van der Waals surface area contributed by atoms with Crippen LogP contribution in [-0.2, 0) is 48.3 Å². The summed E-state index contributed by atoms with van der Waals surface area (Å²) in [6.07, 6.45) is 1.30. The second kappa shape index (κ2) is 10.9. The zero-order valence-electron chi connectivity index (χ0n) is 23.2. The summed E-state index contributed by atoms with van der Waals surface area (Å²) in [5, 5.41) is 3.00. The predicted octanol–water partition coefficient (Wildman–Crippen LogP) is 3.95. The maximum absolute atomic E-state index is 13.7. The molecule has 0 aromatic heterocycles. The summed E-state index contributed by atoms with van der Waals surface area (Å²) in [6.45, 7) is 12.3. The molecule has 3 rings (SSSR count). The molecule has 1 heterocycles. The first-order valence-electron chi connectivity index (χ1n) is 12.3. The molecule has 0 radical (unpaired) electrons. The topological polar surface area (TPSA) is 119 Å². The van der Waals surface area contributed by atoms with Crippen molar-refractivity contribution < 1.29 is 31.7 Å². The number of ether oxygens (including phenoxy) is 1. The van der Waals surface area contributed by atoms with Gasteiger partial charge in [0.25, 0.3) is 10.1 Å². The number of nitrogens with zero attached hydrogens (tertiary/aromatic N) is 1. The third kappa shape index (κ3) is 6.79. The Kier molecular flexibility index (Phi) is 8.38. The Morgan fingerprint density at radius 1 is 1.05 bits per heavy atom. The van der Waals surface area contributed by atoms with Gasteiger partial charge in [-0.25, -0.2) is 0 Å². The third-order valence-electron chi connectivity index (χ3n) is 6.58. The number of benzene rings is 2. The molecule has 1 N–H and O–H groups in total. The molecule has 2 amide bonds. The summed E-state index contributed by atoms with van der Waals surface area (Å²) < 4.78 is 33.1. The highest BCUT2D eigenvalue weighted by molar-refractivity contribution is 7.85. The Labute approximate surface area is 224 Å². The molecule has 2 aromatic carbocycles. The van der Waals surface area contributed by atoms with E-state index >= 15 is 0 Å². The van der Waals surface area contributed by atoms with Crippen molar-refractivity contribution >= 4 is 33.6 Å². The fourth-order valence-electron chi connectivity index (χ4n) is 4.49. The Morgan fingerprint density at radius 2 is 1.71 bits per heavy atom. The van der Waals surface area contributed by atoms with E-state index in [0.717, 1.165) is 28.5 Å². The van der Waals surface area contributed by atoms with Crippen LogP contribution < -0.4 is 10.1 Å². The molecule has 9 nitrogen and oxygen atoms in total. The number of amides is 2. The molecule has 1 aliphatic rings. The normalized spacial score (nSPS) is 15.6. The quantitative estimate of drug-likeness (QED) is 0.332. The minimum atomic E-state index is -3.60. The van der Waals surface area contributed by atoms with E-state index in [1.807, 2.05) is 26.0 Å². The van der Waals surface area contributed by atoms with Gasteiger partial charge in [0.15, 0.2) is 0 Å². The monoisotopic (exact) mass is 544 g/mol. The van der Waals surface area contributed by atoms with Crippen molar-refractivity contribution in [2.24, 2.45) is 5.41 Å². The molecule has 1 atom stereocenters. The van der Waals surface area contributed by atoms with E-state index in [1.54, 1.807) is 44.7 Å². The molecular formula is C28H36N2O7S. The first-order valence-corrected chi connectivity index (χ1v) is 14.2. The number of hydrogen-bond acceptors (Lipinski definition) is 7. The lowest BCUT2D eigenvalue weighted by Crippen LogP contribution is -2.53. The maximum atomic E-state index is 13.7. The van der Waals surface area contributed by atoms with Crippen molar-refractivity contribution in [2.75, 3.05) is 11.6 Å². The number of fused-ring (bicyclic) bond motifs is 1. The number of aryl methyl sites for hydroxylation is 1. The molecule has 206 valence electrons. The molecule has 10 heteroatoms. The molecule has 38 heavy (non-hydrogen) atoms. The standard InChI is InChI=1S/C28H36N2O7S/c1-16-11-23(17(2)18(3)25(16)37-19(4)31)29-26(32)24-13-21-10-9-20(15-36-38(8,34)35)12-22(21)14-30(24)27(33)28(5,6)7/h9-12,24H,13-15H2,1-8H3,(H,29,32)/t24-/m0/s1. The van der Waals surface area contributed by atoms with Crippen molar-refractivity contribution in [3.8, 4) is 5.75 Å². The summed E-state index contributed by atoms with van der Waals surface area (Å²) in [5.41, 5.74) is 4.49. The smallest absolute Gasteiger partial charge is 0.308 e. The van der Waals surface area contributed by atoms with Gasteiger partial charge in [-0.3, -0.25) is 18.6 Å². The number of anilines is 1. The molecule has 0 saturated carbocycles. The van der Waals surface area contributed by atoms with E-state index in [9.17, 15) is 22.8 Å². The van der Waals surface area contributed by atoms with Crippen LogP contribution in [0.2, 0.25) is 0 Å². The van der Waals surface area contributed by atoms with Crippen molar-refractivity contribution in [1.29, 1.82) is 0 Å². The van der Waals surface area contributed by atoms with Crippen LogP contribution in [0.1, 0.15) is 61.1 Å². The van der Waals surface area contributed by atoms with Crippen LogP contribution in [0, 0.1) is 26.2 Å². The second-order valence-corrected chi connectivity index (χ2v) is 12.5. The number of carbonyl (C=O) groups is 3. The SMILES string of the molecule is CC(=O)Oc1c(C)cc(NC(=O)[C@@H]2Cc3ccc(COS(C)(=O)=O)cc3CN2C(=O)C(C)(C)C)c(C)c1C. The van der Waals surface area contributed by atoms with E-state index in [0.29, 0.717) is 29.0 Å². The van der Waals surface area contributed by atoms with E-state index < -0.39 is 27.5 Å². The lowest BCUT2D eigenvalue weighted by molar-refractivity contribution is -0.146. The maximum Gasteiger partial charge on any atom is 0.308 e. The average molecular weight is 545 g/mol. The van der Waals surface area contributed by atoms with Gasteiger partial charge in [0.1, 0.15) is 11.8 Å². The summed E-state index contributed by atoms with van der Waals surface area (Å²) in [5.74, 6) is -0.439. The minimum Gasteiger partial charge on any atom is -0.426 e. The molecule has 0 aliphatic carbocycles. The fraction of sp³-hybridized carbons (Fsp3) is 0.464. The number of hydrogen-bond donors (Lipinski definition) is 1. The van der Waals surface area contributed by atoms with Gasteiger partial charge < -0.3 is 15.0 Å². The predicted molar refractivity (Wildman–Crippen MR) is 144 cm³/mol. The Morgan fingerprint density at radius 3 is 2.29 bits per heavy atom. The summed E-state index contributed by atoms with van der Waals surface area (Å²) >= 11 is 0. The minimum absolute atomic E-state index is 0.107. The van der Waals surface area contributed by atoms with Gasteiger partial charge in [-0.1, -0.05) is 39.0 Å². The fourth-order valence-corrected chi connectivity index (χ4v) is 4.84. The zero-order valence-corrected chi connectivity index (χ0v) is 24.0. The van der Waals surface area contributed by atoms with Gasteiger partial charge in [0.2, 0.25) is 11.8 Å². The Hall–Kier alpha value is -3.24. The highest BCUT2D eigenvalue weighted by atomic mass is 32.2. The summed E-state index contributed by atoms with van der Waals surface area (Å²) in [4.78, 5) is 40.2. The molecule has 0 saturated heterocycles. The third-order valence-corrected chi connectivity index (χ3v) is 7.12. The van der Waals surface area contributed by atoms with Crippen molar-refractivity contribution in [2.45, 2.75) is 74.1 Å². The van der Waals surface area contributed by atoms with Gasteiger partial charge in [-0.15, -0.1) is 0 Å². The zero-order chi connectivity index (χ0) is 28.6. The molecule has 0 bridgehead atoms. The van der Waals surface area contributed by atoms with E-state index in [-0.39, 0.29) is 25.0 Å².